The first-order chi connectivity index (χ1) is 16.6. The van der Waals surface area contributed by atoms with Crippen molar-refractivity contribution in [1.29, 1.82) is 0 Å². The molecule has 3 nitrogen and oxygen atoms in total. The third-order valence-corrected chi connectivity index (χ3v) is 8.11. The molecule has 0 atom stereocenters. The average Bonchev–Trinajstić information content (AvgIpc) is 3.25. The van der Waals surface area contributed by atoms with Gasteiger partial charge in [-0.15, -0.1) is 35.4 Å². The summed E-state index contributed by atoms with van der Waals surface area (Å²) in [5.41, 5.74) is 7.67. The van der Waals surface area contributed by atoms with E-state index >= 15 is 0 Å². The zero-order valence-corrected chi connectivity index (χ0v) is 23.8. The number of hydrogen-bond acceptors (Lipinski definition) is 3. The number of fused-ring (bicyclic) bond motifs is 3. The van der Waals surface area contributed by atoms with Gasteiger partial charge in [0.25, 0.3) is 0 Å². The molecule has 6 rings (SSSR count). The molecule has 4 aromatic heterocycles. The van der Waals surface area contributed by atoms with Crippen LogP contribution in [0.1, 0.15) is 16.7 Å². The molecule has 35 heavy (non-hydrogen) atoms. The van der Waals surface area contributed by atoms with Crippen molar-refractivity contribution >= 4 is 33.8 Å². The Morgan fingerprint density at radius 1 is 0.714 bits per heavy atom. The van der Waals surface area contributed by atoms with Crippen LogP contribution in [0.5, 0.6) is 0 Å². The number of aromatic nitrogens is 3. The Labute approximate surface area is 225 Å². The van der Waals surface area contributed by atoms with Crippen molar-refractivity contribution in [1.82, 2.24) is 15.0 Å². The van der Waals surface area contributed by atoms with Gasteiger partial charge in [0.15, 0.2) is 0 Å². The fourth-order valence-electron chi connectivity index (χ4n) is 3.68. The van der Waals surface area contributed by atoms with Crippen LogP contribution >= 0.6 is 0 Å². The quantitative estimate of drug-likeness (QED) is 0.148. The summed E-state index contributed by atoms with van der Waals surface area (Å²) in [4.78, 5) is 13.1. The standard InChI is InChI=1S/C16H9N2Se.C14H14N.Ir/c1-2-6-15-12(5-1)13-8-14(18-10-16(13)19-15)11-4-3-7-17-9-11;1-10-4-6-13(7-5-10)14-8-11(2)12(3)9-15-14;/h1-3,5-10H;4-6,8-9H,1-3H3;/q2*-1;. The van der Waals surface area contributed by atoms with Gasteiger partial charge in [0, 0.05) is 26.3 Å². The number of benzene rings is 2. The summed E-state index contributed by atoms with van der Waals surface area (Å²) in [5.74, 6) is 0. The zero-order valence-electron chi connectivity index (χ0n) is 19.7. The summed E-state index contributed by atoms with van der Waals surface area (Å²) < 4.78 is 2.81. The first-order valence-corrected chi connectivity index (χ1v) is 12.8. The van der Waals surface area contributed by atoms with E-state index in [4.69, 9.17) is 0 Å². The number of nitrogens with zero attached hydrogens (tertiary/aromatic N) is 3. The van der Waals surface area contributed by atoms with E-state index in [1.165, 1.54) is 36.0 Å². The first-order valence-electron chi connectivity index (χ1n) is 11.1. The molecule has 0 unspecified atom stereocenters. The molecule has 0 spiro atoms. The van der Waals surface area contributed by atoms with Gasteiger partial charge in [-0.2, -0.15) is 0 Å². The van der Waals surface area contributed by atoms with Gasteiger partial charge in [-0.1, -0.05) is 18.6 Å². The Bertz CT molecular complexity index is 1580. The molecule has 0 fully saturated rings. The Balaban J connectivity index is 0.000000165. The first kappa shape index (κ1) is 25.2. The van der Waals surface area contributed by atoms with Crippen LogP contribution in [-0.4, -0.2) is 29.5 Å². The predicted molar refractivity (Wildman–Crippen MR) is 141 cm³/mol. The maximum atomic E-state index is 4.55. The van der Waals surface area contributed by atoms with E-state index in [0.29, 0.717) is 14.5 Å². The number of rotatable bonds is 2. The number of aryl methyl sites for hydroxylation is 3. The molecule has 0 aliphatic heterocycles. The molecule has 6 aromatic rings. The third-order valence-electron chi connectivity index (χ3n) is 5.76. The topological polar surface area (TPSA) is 38.7 Å². The van der Waals surface area contributed by atoms with E-state index in [0.717, 1.165) is 22.5 Å². The number of pyridine rings is 3. The minimum atomic E-state index is 0. The van der Waals surface area contributed by atoms with Crippen molar-refractivity contribution in [2.45, 2.75) is 20.8 Å². The zero-order chi connectivity index (χ0) is 23.5. The monoisotopic (exact) mass is 698 g/mol. The summed E-state index contributed by atoms with van der Waals surface area (Å²) >= 11 is 0.385. The van der Waals surface area contributed by atoms with Crippen LogP contribution in [0.2, 0.25) is 0 Å². The SMILES string of the molecule is Cc1c[c-]c(-c2cc(C)c(C)cn2)cc1.[Ir].[c-]1ccncc1-c1cc2c(cn1)[se]c1ccccc12. The summed E-state index contributed by atoms with van der Waals surface area (Å²) in [6.07, 6.45) is 7.46. The molecule has 175 valence electrons. The molecular weight excluding hydrogens is 674 g/mol. The van der Waals surface area contributed by atoms with Crippen LogP contribution in [0, 0.1) is 32.9 Å². The van der Waals surface area contributed by atoms with Gasteiger partial charge in [0.2, 0.25) is 0 Å². The van der Waals surface area contributed by atoms with Crippen molar-refractivity contribution < 1.29 is 20.1 Å². The fourth-order valence-corrected chi connectivity index (χ4v) is 5.89. The van der Waals surface area contributed by atoms with Gasteiger partial charge in [0.05, 0.1) is 0 Å². The summed E-state index contributed by atoms with van der Waals surface area (Å²) in [6.45, 7) is 6.24. The Hall–Kier alpha value is -2.94. The van der Waals surface area contributed by atoms with Gasteiger partial charge in [-0.05, 0) is 25.1 Å². The normalized spacial score (nSPS) is 10.5. The molecule has 0 amide bonds. The van der Waals surface area contributed by atoms with E-state index < -0.39 is 0 Å². The Morgan fingerprint density at radius 2 is 1.51 bits per heavy atom. The van der Waals surface area contributed by atoms with Crippen LogP contribution in [0.15, 0.2) is 85.5 Å². The van der Waals surface area contributed by atoms with Crippen LogP contribution in [0.25, 0.3) is 41.8 Å². The molecule has 4 heterocycles. The van der Waals surface area contributed by atoms with Crippen molar-refractivity contribution in [3.63, 3.8) is 0 Å². The minimum absolute atomic E-state index is 0. The van der Waals surface area contributed by atoms with Gasteiger partial charge in [-0.25, -0.2) is 0 Å². The Morgan fingerprint density at radius 3 is 2.26 bits per heavy atom. The van der Waals surface area contributed by atoms with Crippen molar-refractivity contribution in [2.75, 3.05) is 0 Å². The van der Waals surface area contributed by atoms with E-state index in [1.807, 2.05) is 24.5 Å². The van der Waals surface area contributed by atoms with E-state index in [2.05, 4.69) is 96.4 Å². The fraction of sp³-hybridized carbons (Fsp3) is 0.100. The molecular formula is C30H23IrN3Se-2. The molecule has 0 aliphatic carbocycles. The van der Waals surface area contributed by atoms with Crippen LogP contribution in [0.3, 0.4) is 0 Å². The molecule has 5 heteroatoms. The summed E-state index contributed by atoms with van der Waals surface area (Å²) in [5, 5.41) is 2.67. The van der Waals surface area contributed by atoms with E-state index in [-0.39, 0.29) is 20.1 Å². The number of hydrogen-bond donors (Lipinski definition) is 0. The Kier molecular flexibility index (Phi) is 8.05. The van der Waals surface area contributed by atoms with Gasteiger partial charge in [0.1, 0.15) is 0 Å². The van der Waals surface area contributed by atoms with Crippen LogP contribution < -0.4 is 0 Å². The third kappa shape index (κ3) is 5.66. The second kappa shape index (κ2) is 11.2. The van der Waals surface area contributed by atoms with Gasteiger partial charge >= 0.3 is 116 Å². The summed E-state index contributed by atoms with van der Waals surface area (Å²) in [7, 11) is 0. The molecule has 0 bridgehead atoms. The van der Waals surface area contributed by atoms with Gasteiger partial charge in [-0.3, -0.25) is 0 Å². The molecule has 0 N–H and O–H groups in total. The van der Waals surface area contributed by atoms with Crippen LogP contribution in [0.4, 0.5) is 0 Å². The van der Waals surface area contributed by atoms with Crippen molar-refractivity contribution in [3.05, 3.63) is 114 Å². The molecule has 0 saturated carbocycles. The van der Waals surface area contributed by atoms with Crippen molar-refractivity contribution in [3.8, 4) is 22.5 Å². The predicted octanol–water partition coefficient (Wildman–Crippen LogP) is 6.78. The average molecular weight is 697 g/mol. The molecule has 0 aliphatic rings. The second-order valence-electron chi connectivity index (χ2n) is 8.25. The van der Waals surface area contributed by atoms with Crippen LogP contribution in [-0.2, 0) is 20.1 Å². The maximum absolute atomic E-state index is 4.55. The van der Waals surface area contributed by atoms with E-state index in [1.54, 1.807) is 12.4 Å². The molecule has 1 radical (unpaired) electrons. The molecule has 0 saturated heterocycles. The summed E-state index contributed by atoms with van der Waals surface area (Å²) in [6, 6.07) is 27.3. The molecule has 2 aromatic carbocycles. The van der Waals surface area contributed by atoms with Crippen molar-refractivity contribution in [2.24, 2.45) is 0 Å². The van der Waals surface area contributed by atoms with Gasteiger partial charge < -0.3 is 4.98 Å². The van der Waals surface area contributed by atoms with E-state index in [9.17, 15) is 0 Å². The second-order valence-corrected chi connectivity index (χ2v) is 10.5.